The fraction of sp³-hybridized carbons (Fsp3) is 0.588. The lowest BCUT2D eigenvalue weighted by molar-refractivity contribution is 0.434. The average molecular weight is 258 g/mol. The van der Waals surface area contributed by atoms with Gasteiger partial charge in [-0.2, -0.15) is 5.26 Å². The molecule has 0 spiro atoms. The first-order chi connectivity index (χ1) is 9.09. The zero-order chi connectivity index (χ0) is 14.1. The number of para-hydroxylation sites is 1. The SMILES string of the molecule is CCCCN(CCCC(C)(C)C#N)c1ccccc1. The second-order valence-corrected chi connectivity index (χ2v) is 5.78. The molecule has 0 heterocycles. The van der Waals surface area contributed by atoms with Crippen LogP contribution in [0.1, 0.15) is 46.5 Å². The summed E-state index contributed by atoms with van der Waals surface area (Å²) in [5.74, 6) is 0. The Hall–Kier alpha value is -1.49. The van der Waals surface area contributed by atoms with Gasteiger partial charge < -0.3 is 4.90 Å². The van der Waals surface area contributed by atoms with Crippen molar-refractivity contribution >= 4 is 5.69 Å². The number of benzene rings is 1. The van der Waals surface area contributed by atoms with Gasteiger partial charge in [0.1, 0.15) is 0 Å². The minimum Gasteiger partial charge on any atom is -0.372 e. The monoisotopic (exact) mass is 258 g/mol. The second kappa shape index (κ2) is 7.84. The Labute approximate surface area is 118 Å². The average Bonchev–Trinajstić information content (AvgIpc) is 2.43. The molecule has 0 atom stereocenters. The van der Waals surface area contributed by atoms with Gasteiger partial charge in [-0.25, -0.2) is 0 Å². The van der Waals surface area contributed by atoms with E-state index in [1.54, 1.807) is 0 Å². The van der Waals surface area contributed by atoms with Crippen LogP contribution in [0.5, 0.6) is 0 Å². The standard InChI is InChI=1S/C17H26N2/c1-4-5-13-19(16-10-7-6-8-11-16)14-9-12-17(2,3)15-18/h6-8,10-11H,4-5,9,12-14H2,1-3H3. The van der Waals surface area contributed by atoms with E-state index in [9.17, 15) is 0 Å². The van der Waals surface area contributed by atoms with Gasteiger partial charge in [-0.05, 0) is 45.2 Å². The smallest absolute Gasteiger partial charge is 0.0683 e. The first-order valence-corrected chi connectivity index (χ1v) is 7.30. The lowest BCUT2D eigenvalue weighted by atomic mass is 9.90. The van der Waals surface area contributed by atoms with Crippen LogP contribution in [0.2, 0.25) is 0 Å². The molecule has 0 amide bonds. The van der Waals surface area contributed by atoms with Crippen LogP contribution >= 0.6 is 0 Å². The van der Waals surface area contributed by atoms with Gasteiger partial charge in [0.25, 0.3) is 0 Å². The molecule has 1 rings (SSSR count). The van der Waals surface area contributed by atoms with Gasteiger partial charge in [0.05, 0.1) is 11.5 Å². The van der Waals surface area contributed by atoms with E-state index in [2.05, 4.69) is 48.2 Å². The normalized spacial score (nSPS) is 11.1. The Kier molecular flexibility index (Phi) is 6.42. The van der Waals surface area contributed by atoms with Crippen molar-refractivity contribution in [3.05, 3.63) is 30.3 Å². The Bertz CT molecular complexity index is 389. The van der Waals surface area contributed by atoms with Crippen LogP contribution in [0.3, 0.4) is 0 Å². The molecule has 1 aromatic rings. The fourth-order valence-corrected chi connectivity index (χ4v) is 2.13. The summed E-state index contributed by atoms with van der Waals surface area (Å²) in [5.41, 5.74) is 1.10. The molecular weight excluding hydrogens is 232 g/mol. The van der Waals surface area contributed by atoms with Crippen molar-refractivity contribution in [3.63, 3.8) is 0 Å². The van der Waals surface area contributed by atoms with Gasteiger partial charge in [0.15, 0.2) is 0 Å². The number of unbranched alkanes of at least 4 members (excludes halogenated alkanes) is 1. The minimum absolute atomic E-state index is 0.201. The molecule has 0 saturated carbocycles. The van der Waals surface area contributed by atoms with Gasteiger partial charge in [0, 0.05) is 18.8 Å². The third kappa shape index (κ3) is 5.79. The Morgan fingerprint density at radius 2 is 1.74 bits per heavy atom. The lowest BCUT2D eigenvalue weighted by Crippen LogP contribution is -2.26. The van der Waals surface area contributed by atoms with Crippen LogP contribution < -0.4 is 4.90 Å². The Morgan fingerprint density at radius 1 is 1.11 bits per heavy atom. The number of hydrogen-bond donors (Lipinski definition) is 0. The molecular formula is C17H26N2. The molecule has 0 fully saturated rings. The fourth-order valence-electron chi connectivity index (χ4n) is 2.13. The number of nitrogens with zero attached hydrogens (tertiary/aromatic N) is 2. The second-order valence-electron chi connectivity index (χ2n) is 5.78. The zero-order valence-electron chi connectivity index (χ0n) is 12.5. The Morgan fingerprint density at radius 3 is 2.32 bits per heavy atom. The summed E-state index contributed by atoms with van der Waals surface area (Å²) >= 11 is 0. The lowest BCUT2D eigenvalue weighted by Gasteiger charge is -2.26. The predicted octanol–water partition coefficient (Wildman–Crippen LogP) is 4.62. The van der Waals surface area contributed by atoms with Crippen LogP contribution in [-0.4, -0.2) is 13.1 Å². The van der Waals surface area contributed by atoms with Crippen molar-refractivity contribution in [2.24, 2.45) is 5.41 Å². The topological polar surface area (TPSA) is 27.0 Å². The van der Waals surface area contributed by atoms with Crippen LogP contribution in [0, 0.1) is 16.7 Å². The van der Waals surface area contributed by atoms with Crippen LogP contribution in [0.15, 0.2) is 30.3 Å². The molecule has 0 aromatic heterocycles. The summed E-state index contributed by atoms with van der Waals surface area (Å²) in [6.07, 6.45) is 4.46. The zero-order valence-corrected chi connectivity index (χ0v) is 12.5. The van der Waals surface area contributed by atoms with Gasteiger partial charge in [-0.15, -0.1) is 0 Å². The van der Waals surface area contributed by atoms with Crippen LogP contribution in [0.25, 0.3) is 0 Å². The Balaban J connectivity index is 2.54. The first kappa shape index (κ1) is 15.6. The maximum Gasteiger partial charge on any atom is 0.0683 e. The molecule has 0 unspecified atom stereocenters. The molecule has 0 radical (unpaired) electrons. The molecule has 0 aliphatic heterocycles. The van der Waals surface area contributed by atoms with Crippen molar-refractivity contribution in [2.75, 3.05) is 18.0 Å². The molecule has 0 N–H and O–H groups in total. The molecule has 0 bridgehead atoms. The van der Waals surface area contributed by atoms with Gasteiger partial charge in [0.2, 0.25) is 0 Å². The molecule has 19 heavy (non-hydrogen) atoms. The van der Waals surface area contributed by atoms with Crippen LogP contribution in [-0.2, 0) is 0 Å². The third-order valence-corrected chi connectivity index (χ3v) is 3.44. The highest BCUT2D eigenvalue weighted by Gasteiger charge is 2.16. The van der Waals surface area contributed by atoms with Crippen molar-refractivity contribution in [1.29, 1.82) is 5.26 Å². The highest BCUT2D eigenvalue weighted by Crippen LogP contribution is 2.22. The quantitative estimate of drug-likeness (QED) is 0.680. The van der Waals surface area contributed by atoms with E-state index in [-0.39, 0.29) is 5.41 Å². The largest absolute Gasteiger partial charge is 0.372 e. The molecule has 0 aliphatic carbocycles. The summed E-state index contributed by atoms with van der Waals surface area (Å²) in [4.78, 5) is 2.44. The summed E-state index contributed by atoms with van der Waals surface area (Å²) < 4.78 is 0. The molecule has 104 valence electrons. The number of nitriles is 1. The van der Waals surface area contributed by atoms with Crippen molar-refractivity contribution < 1.29 is 0 Å². The number of rotatable bonds is 8. The van der Waals surface area contributed by atoms with Crippen molar-refractivity contribution in [1.82, 2.24) is 0 Å². The molecule has 0 aliphatic rings. The van der Waals surface area contributed by atoms with Crippen LogP contribution in [0.4, 0.5) is 5.69 Å². The van der Waals surface area contributed by atoms with E-state index < -0.39 is 0 Å². The minimum atomic E-state index is -0.201. The highest BCUT2D eigenvalue weighted by atomic mass is 15.1. The van der Waals surface area contributed by atoms with Gasteiger partial charge in [-0.1, -0.05) is 31.5 Å². The van der Waals surface area contributed by atoms with E-state index in [4.69, 9.17) is 5.26 Å². The predicted molar refractivity (Wildman–Crippen MR) is 82.2 cm³/mol. The summed E-state index contributed by atoms with van der Waals surface area (Å²) in [7, 11) is 0. The van der Waals surface area contributed by atoms with E-state index >= 15 is 0 Å². The maximum atomic E-state index is 9.05. The van der Waals surface area contributed by atoms with Gasteiger partial charge in [-0.3, -0.25) is 0 Å². The van der Waals surface area contributed by atoms with E-state index in [0.717, 1.165) is 25.9 Å². The van der Waals surface area contributed by atoms with E-state index in [1.807, 2.05) is 13.8 Å². The summed E-state index contributed by atoms with van der Waals surface area (Å²) in [6.45, 7) is 8.41. The maximum absolute atomic E-state index is 9.05. The number of hydrogen-bond acceptors (Lipinski definition) is 2. The van der Waals surface area contributed by atoms with Crippen molar-refractivity contribution in [3.8, 4) is 6.07 Å². The molecule has 0 saturated heterocycles. The molecule has 2 heteroatoms. The molecule has 2 nitrogen and oxygen atoms in total. The number of anilines is 1. The summed E-state index contributed by atoms with van der Waals surface area (Å²) in [5, 5.41) is 9.05. The molecule has 1 aromatic carbocycles. The first-order valence-electron chi connectivity index (χ1n) is 7.30. The highest BCUT2D eigenvalue weighted by molar-refractivity contribution is 5.45. The van der Waals surface area contributed by atoms with Crippen molar-refractivity contribution in [2.45, 2.75) is 46.5 Å². The summed E-state index contributed by atoms with van der Waals surface area (Å²) in [6, 6.07) is 13.0. The third-order valence-electron chi connectivity index (χ3n) is 3.44. The van der Waals surface area contributed by atoms with Gasteiger partial charge >= 0.3 is 0 Å². The van der Waals surface area contributed by atoms with E-state index in [1.165, 1.54) is 18.5 Å². The van der Waals surface area contributed by atoms with E-state index in [0.29, 0.717) is 0 Å².